The molecule has 0 radical (unpaired) electrons. The minimum Gasteiger partial charge on any atom is -0.497 e. The van der Waals surface area contributed by atoms with Gasteiger partial charge in [0, 0.05) is 28.7 Å². The lowest BCUT2D eigenvalue weighted by molar-refractivity contribution is -0.123. The Morgan fingerprint density at radius 2 is 1.96 bits per heavy atom. The Hall–Kier alpha value is -3.28. The van der Waals surface area contributed by atoms with E-state index >= 15 is 0 Å². The summed E-state index contributed by atoms with van der Waals surface area (Å²) in [5.41, 5.74) is 5.20. The number of nitrogens with one attached hydrogen (secondary N) is 2. The number of benzene rings is 2. The fourth-order valence-electron chi connectivity index (χ4n) is 2.45. The lowest BCUT2D eigenvalue weighted by Gasteiger charge is -2.07. The van der Waals surface area contributed by atoms with Crippen LogP contribution in [0.15, 0.2) is 59.8 Å². The maximum atomic E-state index is 11.9. The van der Waals surface area contributed by atoms with Gasteiger partial charge in [0.05, 0.1) is 12.8 Å². The molecule has 0 saturated carbocycles. The molecule has 1 amide bonds. The van der Waals surface area contributed by atoms with Gasteiger partial charge >= 0.3 is 0 Å². The van der Waals surface area contributed by atoms with Crippen molar-refractivity contribution in [1.29, 1.82) is 0 Å². The molecule has 25 heavy (non-hydrogen) atoms. The maximum absolute atomic E-state index is 11.9. The van der Waals surface area contributed by atoms with Crippen molar-refractivity contribution in [1.82, 2.24) is 10.4 Å². The summed E-state index contributed by atoms with van der Waals surface area (Å²) in [5.74, 6) is 0.903. The highest BCUT2D eigenvalue weighted by atomic mass is 16.5. The molecular formula is C19H19N3O3. The minimum absolute atomic E-state index is 0.127. The van der Waals surface area contributed by atoms with Gasteiger partial charge in [-0.15, -0.1) is 0 Å². The molecule has 1 heterocycles. The molecule has 2 aromatic carbocycles. The lowest BCUT2D eigenvalue weighted by atomic mass is 10.1. The van der Waals surface area contributed by atoms with E-state index in [4.69, 9.17) is 9.47 Å². The van der Waals surface area contributed by atoms with Crippen LogP contribution >= 0.6 is 0 Å². The third-order valence-electron chi connectivity index (χ3n) is 3.74. The molecule has 0 unspecified atom stereocenters. The molecule has 3 rings (SSSR count). The molecule has 1 aromatic heterocycles. The van der Waals surface area contributed by atoms with Crippen molar-refractivity contribution >= 4 is 22.5 Å². The number of amides is 1. The summed E-state index contributed by atoms with van der Waals surface area (Å²) in [6.07, 6.45) is 1.88. The number of methoxy groups -OCH3 is 1. The van der Waals surface area contributed by atoms with Crippen LogP contribution in [0.3, 0.4) is 0 Å². The van der Waals surface area contributed by atoms with Crippen molar-refractivity contribution in [2.75, 3.05) is 13.7 Å². The van der Waals surface area contributed by atoms with Crippen LogP contribution in [0.1, 0.15) is 12.5 Å². The van der Waals surface area contributed by atoms with Crippen LogP contribution < -0.4 is 14.9 Å². The zero-order valence-corrected chi connectivity index (χ0v) is 14.1. The highest BCUT2D eigenvalue weighted by molar-refractivity contribution is 6.09. The predicted octanol–water partition coefficient (Wildman–Crippen LogP) is 3.10. The Balaban J connectivity index is 1.60. The number of carbonyl (C=O) groups excluding carboxylic acids is 1. The average molecular weight is 337 g/mol. The normalized spacial score (nSPS) is 11.4. The summed E-state index contributed by atoms with van der Waals surface area (Å²) in [5, 5.41) is 5.22. The van der Waals surface area contributed by atoms with Crippen molar-refractivity contribution < 1.29 is 14.3 Å². The lowest BCUT2D eigenvalue weighted by Crippen LogP contribution is -2.25. The van der Waals surface area contributed by atoms with Crippen molar-refractivity contribution in [2.45, 2.75) is 6.92 Å². The molecule has 0 aliphatic carbocycles. The second-order valence-electron chi connectivity index (χ2n) is 5.45. The zero-order chi connectivity index (χ0) is 17.6. The van der Waals surface area contributed by atoms with E-state index in [1.54, 1.807) is 25.3 Å². The maximum Gasteiger partial charge on any atom is 0.277 e. The summed E-state index contributed by atoms with van der Waals surface area (Å²) in [7, 11) is 1.58. The Labute approximate surface area is 145 Å². The van der Waals surface area contributed by atoms with E-state index in [-0.39, 0.29) is 12.5 Å². The van der Waals surface area contributed by atoms with Crippen LogP contribution in [-0.2, 0) is 4.79 Å². The summed E-state index contributed by atoms with van der Waals surface area (Å²) in [6, 6.07) is 15.0. The molecule has 0 aliphatic heterocycles. The molecule has 6 heteroatoms. The fraction of sp³-hybridized carbons (Fsp3) is 0.158. The zero-order valence-electron chi connectivity index (χ0n) is 14.1. The van der Waals surface area contributed by atoms with Gasteiger partial charge in [0.2, 0.25) is 0 Å². The third kappa shape index (κ3) is 3.98. The number of hydrogen-bond acceptors (Lipinski definition) is 4. The number of hydrazone groups is 1. The van der Waals surface area contributed by atoms with Crippen molar-refractivity contribution in [3.63, 3.8) is 0 Å². The van der Waals surface area contributed by atoms with Gasteiger partial charge in [0.25, 0.3) is 5.91 Å². The Morgan fingerprint density at radius 1 is 1.16 bits per heavy atom. The number of fused-ring (bicyclic) bond motifs is 1. The van der Waals surface area contributed by atoms with E-state index in [1.165, 1.54) is 0 Å². The summed E-state index contributed by atoms with van der Waals surface area (Å²) >= 11 is 0. The highest BCUT2D eigenvalue weighted by Crippen LogP contribution is 2.19. The predicted molar refractivity (Wildman–Crippen MR) is 97.1 cm³/mol. The van der Waals surface area contributed by atoms with Crippen LogP contribution in [0.4, 0.5) is 0 Å². The number of para-hydroxylation sites is 1. The second kappa shape index (κ2) is 7.53. The summed E-state index contributed by atoms with van der Waals surface area (Å²) in [4.78, 5) is 15.1. The van der Waals surface area contributed by atoms with Gasteiger partial charge in [-0.2, -0.15) is 5.10 Å². The van der Waals surface area contributed by atoms with Crippen LogP contribution in [0.5, 0.6) is 11.5 Å². The molecule has 128 valence electrons. The first kappa shape index (κ1) is 16.6. The van der Waals surface area contributed by atoms with Gasteiger partial charge in [-0.1, -0.05) is 24.3 Å². The Kier molecular flexibility index (Phi) is 4.99. The largest absolute Gasteiger partial charge is 0.497 e. The van der Waals surface area contributed by atoms with Gasteiger partial charge in [0.1, 0.15) is 11.5 Å². The number of H-pyrrole nitrogens is 1. The molecule has 0 aliphatic rings. The van der Waals surface area contributed by atoms with Gasteiger partial charge in [0.15, 0.2) is 6.61 Å². The molecule has 0 spiro atoms. The average Bonchev–Trinajstić information content (AvgIpc) is 3.09. The first-order valence-corrected chi connectivity index (χ1v) is 7.84. The van der Waals surface area contributed by atoms with E-state index < -0.39 is 0 Å². The van der Waals surface area contributed by atoms with Gasteiger partial charge in [-0.3, -0.25) is 4.79 Å². The minimum atomic E-state index is -0.331. The van der Waals surface area contributed by atoms with E-state index in [9.17, 15) is 4.79 Å². The van der Waals surface area contributed by atoms with Crippen molar-refractivity contribution in [2.24, 2.45) is 5.10 Å². The van der Waals surface area contributed by atoms with Crippen LogP contribution in [-0.4, -0.2) is 30.3 Å². The fourth-order valence-corrected chi connectivity index (χ4v) is 2.45. The summed E-state index contributed by atoms with van der Waals surface area (Å²) in [6.45, 7) is 1.72. The first-order valence-electron chi connectivity index (χ1n) is 7.84. The molecule has 0 saturated heterocycles. The number of aromatic amines is 1. The Bertz CT molecular complexity index is 915. The molecule has 2 N–H and O–H groups in total. The number of nitrogens with zero attached hydrogens (tertiary/aromatic N) is 1. The van der Waals surface area contributed by atoms with Crippen molar-refractivity contribution in [3.05, 3.63) is 60.3 Å². The molecule has 0 atom stereocenters. The van der Waals surface area contributed by atoms with Gasteiger partial charge < -0.3 is 14.5 Å². The molecule has 3 aromatic rings. The standard InChI is InChI=1S/C19H19N3O3/c1-13(17-11-20-18-9-4-3-8-16(17)18)21-22-19(23)12-25-15-7-5-6-14(10-15)24-2/h3-11,20H,12H2,1-2H3,(H,22,23)/b21-13+. The number of carbonyl (C=O) groups is 1. The number of rotatable bonds is 6. The molecule has 0 fully saturated rings. The highest BCUT2D eigenvalue weighted by Gasteiger charge is 2.07. The quantitative estimate of drug-likeness (QED) is 0.536. The molecule has 6 nitrogen and oxygen atoms in total. The SMILES string of the molecule is COc1cccc(OCC(=O)N/N=C(\C)c2c[nH]c3ccccc23)c1. The van der Waals surface area contributed by atoms with Crippen molar-refractivity contribution in [3.8, 4) is 11.5 Å². The molecular weight excluding hydrogens is 318 g/mol. The van der Waals surface area contributed by atoms with E-state index in [0.717, 1.165) is 16.5 Å². The molecule has 0 bridgehead atoms. The van der Waals surface area contributed by atoms with E-state index in [1.807, 2.05) is 43.5 Å². The van der Waals surface area contributed by atoms with E-state index in [0.29, 0.717) is 17.2 Å². The van der Waals surface area contributed by atoms with Gasteiger partial charge in [-0.25, -0.2) is 5.43 Å². The number of ether oxygens (including phenoxy) is 2. The summed E-state index contributed by atoms with van der Waals surface area (Å²) < 4.78 is 10.5. The van der Waals surface area contributed by atoms with E-state index in [2.05, 4.69) is 15.5 Å². The first-order chi connectivity index (χ1) is 12.2. The Morgan fingerprint density at radius 3 is 2.80 bits per heavy atom. The van der Waals surface area contributed by atoms with Gasteiger partial charge in [-0.05, 0) is 25.1 Å². The smallest absolute Gasteiger partial charge is 0.277 e. The second-order valence-corrected chi connectivity index (χ2v) is 5.45. The number of aromatic nitrogens is 1. The van der Waals surface area contributed by atoms with Crippen LogP contribution in [0.25, 0.3) is 10.9 Å². The topological polar surface area (TPSA) is 75.7 Å². The number of hydrogen-bond donors (Lipinski definition) is 2. The van der Waals surface area contributed by atoms with Crippen LogP contribution in [0, 0.1) is 0 Å². The van der Waals surface area contributed by atoms with Crippen LogP contribution in [0.2, 0.25) is 0 Å². The third-order valence-corrected chi connectivity index (χ3v) is 3.74. The monoisotopic (exact) mass is 337 g/mol.